The van der Waals surface area contributed by atoms with Gasteiger partial charge in [-0.05, 0) is 5.56 Å². The van der Waals surface area contributed by atoms with Gasteiger partial charge in [-0.2, -0.15) is 11.8 Å². The molecule has 100 valence electrons. The standard InChI is InChI=1S/C12H17NO4S/c13-12(11(16)17,8-18-7-10(15)6-14)9-4-2-1-3-5-9/h1-5,10,14-15H,6-8,13H2,(H,16,17). The van der Waals surface area contributed by atoms with Crippen LogP contribution in [0.2, 0.25) is 0 Å². The summed E-state index contributed by atoms with van der Waals surface area (Å²) in [5, 5.41) is 27.1. The number of carbonyl (C=O) groups is 1. The Morgan fingerprint density at radius 1 is 1.39 bits per heavy atom. The summed E-state index contributed by atoms with van der Waals surface area (Å²) >= 11 is 1.20. The van der Waals surface area contributed by atoms with Crippen molar-refractivity contribution in [3.05, 3.63) is 35.9 Å². The fourth-order valence-corrected chi connectivity index (χ4v) is 2.52. The van der Waals surface area contributed by atoms with E-state index in [9.17, 15) is 15.0 Å². The Kier molecular flexibility index (Phi) is 5.61. The quantitative estimate of drug-likeness (QED) is 0.557. The predicted octanol–water partition coefficient (Wildman–Crippen LogP) is 0.0116. The van der Waals surface area contributed by atoms with E-state index < -0.39 is 17.6 Å². The number of carboxylic acids is 1. The van der Waals surface area contributed by atoms with E-state index in [1.165, 1.54) is 11.8 Å². The molecule has 6 heteroatoms. The maximum Gasteiger partial charge on any atom is 0.329 e. The smallest absolute Gasteiger partial charge is 0.329 e. The molecule has 0 heterocycles. The summed E-state index contributed by atoms with van der Waals surface area (Å²) < 4.78 is 0. The second-order valence-corrected chi connectivity index (χ2v) is 5.02. The van der Waals surface area contributed by atoms with Crippen LogP contribution >= 0.6 is 11.8 Å². The number of nitrogens with two attached hydrogens (primary N) is 1. The molecule has 5 N–H and O–H groups in total. The van der Waals surface area contributed by atoms with Gasteiger partial charge in [-0.25, -0.2) is 4.79 Å². The summed E-state index contributed by atoms with van der Waals surface area (Å²) in [7, 11) is 0. The highest BCUT2D eigenvalue weighted by molar-refractivity contribution is 7.99. The molecule has 0 spiro atoms. The Balaban J connectivity index is 2.73. The van der Waals surface area contributed by atoms with Crippen molar-refractivity contribution in [1.29, 1.82) is 0 Å². The monoisotopic (exact) mass is 271 g/mol. The molecule has 0 fully saturated rings. The van der Waals surface area contributed by atoms with Crippen LogP contribution in [0.4, 0.5) is 0 Å². The number of aliphatic hydroxyl groups is 2. The van der Waals surface area contributed by atoms with Crippen LogP contribution in [-0.4, -0.2) is 45.5 Å². The molecule has 1 aromatic rings. The zero-order chi connectivity index (χ0) is 13.6. The van der Waals surface area contributed by atoms with E-state index in [1.54, 1.807) is 30.3 Å². The molecule has 5 nitrogen and oxygen atoms in total. The van der Waals surface area contributed by atoms with Gasteiger partial charge in [0.1, 0.15) is 5.54 Å². The van der Waals surface area contributed by atoms with E-state index in [0.717, 1.165) is 0 Å². The van der Waals surface area contributed by atoms with Gasteiger partial charge in [0, 0.05) is 11.5 Å². The van der Waals surface area contributed by atoms with E-state index >= 15 is 0 Å². The van der Waals surface area contributed by atoms with Crippen LogP contribution in [0.15, 0.2) is 30.3 Å². The minimum Gasteiger partial charge on any atom is -0.480 e. The first-order valence-corrected chi connectivity index (χ1v) is 6.60. The lowest BCUT2D eigenvalue weighted by atomic mass is 9.93. The average molecular weight is 271 g/mol. The van der Waals surface area contributed by atoms with Crippen LogP contribution < -0.4 is 5.73 Å². The number of carboxylic acid groups (broad SMARTS) is 1. The zero-order valence-electron chi connectivity index (χ0n) is 9.82. The lowest BCUT2D eigenvalue weighted by Gasteiger charge is -2.25. The molecule has 0 radical (unpaired) electrons. The van der Waals surface area contributed by atoms with Crippen molar-refractivity contribution >= 4 is 17.7 Å². The van der Waals surface area contributed by atoms with E-state index in [1.807, 2.05) is 0 Å². The first-order valence-electron chi connectivity index (χ1n) is 5.45. The largest absolute Gasteiger partial charge is 0.480 e. The van der Waals surface area contributed by atoms with Crippen molar-refractivity contribution in [3.63, 3.8) is 0 Å². The van der Waals surface area contributed by atoms with Crippen molar-refractivity contribution in [3.8, 4) is 0 Å². The van der Waals surface area contributed by atoms with Gasteiger partial charge in [0.15, 0.2) is 0 Å². The molecule has 0 saturated heterocycles. The summed E-state index contributed by atoms with van der Waals surface area (Å²) in [4.78, 5) is 11.3. The van der Waals surface area contributed by atoms with Crippen molar-refractivity contribution in [2.45, 2.75) is 11.6 Å². The number of hydrogen-bond acceptors (Lipinski definition) is 5. The Hall–Kier alpha value is -1.08. The second-order valence-electron chi connectivity index (χ2n) is 3.99. The molecule has 0 aliphatic heterocycles. The summed E-state index contributed by atoms with van der Waals surface area (Å²) in [6, 6.07) is 8.57. The van der Waals surface area contributed by atoms with Gasteiger partial charge >= 0.3 is 5.97 Å². The van der Waals surface area contributed by atoms with Crippen LogP contribution in [0.5, 0.6) is 0 Å². The van der Waals surface area contributed by atoms with Gasteiger partial charge in [0.2, 0.25) is 0 Å². The van der Waals surface area contributed by atoms with Crippen LogP contribution in [0.3, 0.4) is 0 Å². The van der Waals surface area contributed by atoms with Crippen LogP contribution in [-0.2, 0) is 10.3 Å². The minimum absolute atomic E-state index is 0.128. The number of thioether (sulfide) groups is 1. The van der Waals surface area contributed by atoms with Gasteiger partial charge in [-0.15, -0.1) is 0 Å². The third-order valence-corrected chi connectivity index (χ3v) is 3.80. The summed E-state index contributed by atoms with van der Waals surface area (Å²) in [5.41, 5.74) is 4.96. The van der Waals surface area contributed by atoms with Crippen molar-refractivity contribution in [1.82, 2.24) is 0 Å². The Bertz CT molecular complexity index is 387. The lowest BCUT2D eigenvalue weighted by molar-refractivity contribution is -0.142. The molecular formula is C12H17NO4S. The maximum atomic E-state index is 11.3. The van der Waals surface area contributed by atoms with E-state index in [0.29, 0.717) is 5.56 Å². The van der Waals surface area contributed by atoms with Gasteiger partial charge in [0.05, 0.1) is 12.7 Å². The summed E-state index contributed by atoms with van der Waals surface area (Å²) in [6.07, 6.45) is -0.858. The Morgan fingerprint density at radius 3 is 2.50 bits per heavy atom. The summed E-state index contributed by atoms with van der Waals surface area (Å²) in [6.45, 7) is -0.344. The SMILES string of the molecule is NC(CSCC(O)CO)(C(=O)O)c1ccccc1. The van der Waals surface area contributed by atoms with Crippen LogP contribution in [0.1, 0.15) is 5.56 Å². The average Bonchev–Trinajstić information content (AvgIpc) is 2.39. The molecular weight excluding hydrogens is 254 g/mol. The molecule has 0 bridgehead atoms. The molecule has 1 aromatic carbocycles. The topological polar surface area (TPSA) is 104 Å². The molecule has 0 saturated carbocycles. The third kappa shape index (κ3) is 3.71. The first kappa shape index (κ1) is 15.0. The van der Waals surface area contributed by atoms with Gasteiger partial charge in [-0.3, -0.25) is 0 Å². The van der Waals surface area contributed by atoms with Gasteiger partial charge in [-0.1, -0.05) is 30.3 Å². The molecule has 2 atom stereocenters. The number of aliphatic hydroxyl groups excluding tert-OH is 2. The fourth-order valence-electron chi connectivity index (χ4n) is 1.41. The normalized spacial score (nSPS) is 15.9. The summed E-state index contributed by atoms with van der Waals surface area (Å²) in [5.74, 6) is -0.737. The van der Waals surface area contributed by atoms with Gasteiger partial charge in [0.25, 0.3) is 0 Å². The van der Waals surface area contributed by atoms with E-state index in [-0.39, 0.29) is 18.1 Å². The number of rotatable bonds is 7. The highest BCUT2D eigenvalue weighted by Crippen LogP contribution is 2.24. The Morgan fingerprint density at radius 2 is 2.00 bits per heavy atom. The van der Waals surface area contributed by atoms with E-state index in [4.69, 9.17) is 10.8 Å². The zero-order valence-corrected chi connectivity index (χ0v) is 10.6. The van der Waals surface area contributed by atoms with Crippen molar-refractivity contribution in [2.24, 2.45) is 5.73 Å². The maximum absolute atomic E-state index is 11.3. The lowest BCUT2D eigenvalue weighted by Crippen LogP contribution is -2.47. The number of hydrogen-bond donors (Lipinski definition) is 4. The molecule has 0 aromatic heterocycles. The molecule has 0 aliphatic rings. The Labute approximate surface area is 110 Å². The molecule has 1 rings (SSSR count). The predicted molar refractivity (Wildman–Crippen MR) is 70.4 cm³/mol. The molecule has 0 aliphatic carbocycles. The third-order valence-electron chi connectivity index (χ3n) is 2.52. The second kappa shape index (κ2) is 6.75. The molecule has 2 unspecified atom stereocenters. The van der Waals surface area contributed by atoms with Crippen molar-refractivity contribution in [2.75, 3.05) is 18.1 Å². The highest BCUT2D eigenvalue weighted by atomic mass is 32.2. The van der Waals surface area contributed by atoms with Crippen molar-refractivity contribution < 1.29 is 20.1 Å². The first-order chi connectivity index (χ1) is 8.50. The minimum atomic E-state index is -1.49. The number of benzene rings is 1. The van der Waals surface area contributed by atoms with E-state index in [2.05, 4.69) is 0 Å². The highest BCUT2D eigenvalue weighted by Gasteiger charge is 2.35. The molecule has 18 heavy (non-hydrogen) atoms. The van der Waals surface area contributed by atoms with Gasteiger partial charge < -0.3 is 21.1 Å². The fraction of sp³-hybridized carbons (Fsp3) is 0.417. The number of aliphatic carboxylic acids is 1. The van der Waals surface area contributed by atoms with Crippen LogP contribution in [0.25, 0.3) is 0 Å². The van der Waals surface area contributed by atoms with Crippen LogP contribution in [0, 0.1) is 0 Å². The molecule has 0 amide bonds.